The van der Waals surface area contributed by atoms with E-state index in [0.29, 0.717) is 0 Å². The Hall–Kier alpha value is -0.830. The molecule has 1 aliphatic rings. The molecule has 1 rings (SSSR count). The number of allylic oxidation sites excluding steroid dienone is 1. The van der Waals surface area contributed by atoms with Gasteiger partial charge >= 0.3 is 0 Å². The normalized spacial score (nSPS) is 30.6. The van der Waals surface area contributed by atoms with Crippen LogP contribution in [0.4, 0.5) is 0 Å². The van der Waals surface area contributed by atoms with Gasteiger partial charge in [-0.1, -0.05) is 6.08 Å². The second kappa shape index (κ2) is 2.84. The average molecular weight is 140 g/mol. The van der Waals surface area contributed by atoms with E-state index in [9.17, 15) is 4.79 Å². The fraction of sp³-hybridized carbons (Fsp3) is 0.571. The molecule has 2 unspecified atom stereocenters. The third kappa shape index (κ3) is 1.84. The Morgan fingerprint density at radius 1 is 1.80 bits per heavy atom. The van der Waals surface area contributed by atoms with Crippen molar-refractivity contribution in [3.05, 3.63) is 12.2 Å². The van der Waals surface area contributed by atoms with E-state index in [4.69, 9.17) is 5.73 Å². The molecule has 0 aromatic heterocycles. The van der Waals surface area contributed by atoms with Gasteiger partial charge in [-0.05, 0) is 19.4 Å². The number of nitrogens with one attached hydrogen (secondary N) is 1. The van der Waals surface area contributed by atoms with Crippen molar-refractivity contribution in [2.45, 2.75) is 25.4 Å². The van der Waals surface area contributed by atoms with Crippen LogP contribution < -0.4 is 11.1 Å². The highest BCUT2D eigenvalue weighted by molar-refractivity contribution is 5.87. The Bertz CT molecular complexity index is 165. The standard InChI is InChI=1S/C7H12N2O/c1-2-3-7(10)9-6-4-5(6)8/h2-3,5-6H,4,8H2,1H3,(H,9,10)/b3-2+. The summed E-state index contributed by atoms with van der Waals surface area (Å²) in [5.41, 5.74) is 5.47. The van der Waals surface area contributed by atoms with Gasteiger partial charge in [0.2, 0.25) is 5.91 Å². The maximum Gasteiger partial charge on any atom is 0.243 e. The van der Waals surface area contributed by atoms with E-state index in [1.807, 2.05) is 6.92 Å². The molecule has 1 fully saturated rings. The Kier molecular flexibility index (Phi) is 2.06. The Labute approximate surface area is 60.3 Å². The highest BCUT2D eigenvalue weighted by atomic mass is 16.1. The molecule has 2 atom stereocenters. The zero-order chi connectivity index (χ0) is 7.56. The molecule has 3 N–H and O–H groups in total. The minimum absolute atomic E-state index is 0.0412. The van der Waals surface area contributed by atoms with E-state index >= 15 is 0 Å². The predicted octanol–water partition coefficient (Wildman–Crippen LogP) is -0.222. The Morgan fingerprint density at radius 3 is 2.80 bits per heavy atom. The number of carbonyl (C=O) groups excluding carboxylic acids is 1. The lowest BCUT2D eigenvalue weighted by Crippen LogP contribution is -2.27. The van der Waals surface area contributed by atoms with Crippen LogP contribution >= 0.6 is 0 Å². The predicted molar refractivity (Wildman–Crippen MR) is 39.3 cm³/mol. The Morgan fingerprint density at radius 2 is 2.40 bits per heavy atom. The summed E-state index contributed by atoms with van der Waals surface area (Å²) >= 11 is 0. The van der Waals surface area contributed by atoms with Gasteiger partial charge < -0.3 is 11.1 Å². The smallest absolute Gasteiger partial charge is 0.243 e. The van der Waals surface area contributed by atoms with Crippen molar-refractivity contribution in [3.63, 3.8) is 0 Å². The van der Waals surface area contributed by atoms with Gasteiger partial charge in [0.25, 0.3) is 0 Å². The van der Waals surface area contributed by atoms with Crippen molar-refractivity contribution in [3.8, 4) is 0 Å². The number of hydrogen-bond acceptors (Lipinski definition) is 2. The first-order valence-electron chi connectivity index (χ1n) is 3.43. The number of hydrogen-bond donors (Lipinski definition) is 2. The molecule has 0 saturated heterocycles. The molecular formula is C7H12N2O. The van der Waals surface area contributed by atoms with Gasteiger partial charge in [-0.15, -0.1) is 0 Å². The number of amides is 1. The summed E-state index contributed by atoms with van der Waals surface area (Å²) in [5.74, 6) is -0.0412. The molecule has 1 saturated carbocycles. The third-order valence-electron chi connectivity index (χ3n) is 1.49. The molecule has 0 bridgehead atoms. The lowest BCUT2D eigenvalue weighted by Gasteiger charge is -1.96. The maximum atomic E-state index is 10.8. The molecule has 0 radical (unpaired) electrons. The van der Waals surface area contributed by atoms with Gasteiger partial charge in [0.15, 0.2) is 0 Å². The van der Waals surface area contributed by atoms with Gasteiger partial charge in [0.05, 0.1) is 0 Å². The van der Waals surface area contributed by atoms with E-state index < -0.39 is 0 Å². The van der Waals surface area contributed by atoms with Crippen molar-refractivity contribution in [1.82, 2.24) is 5.32 Å². The van der Waals surface area contributed by atoms with Crippen LogP contribution in [0.3, 0.4) is 0 Å². The topological polar surface area (TPSA) is 55.1 Å². The summed E-state index contributed by atoms with van der Waals surface area (Å²) in [5, 5.41) is 2.75. The van der Waals surface area contributed by atoms with E-state index in [0.717, 1.165) is 6.42 Å². The molecule has 0 aliphatic heterocycles. The molecule has 56 valence electrons. The molecule has 1 amide bonds. The van der Waals surface area contributed by atoms with Crippen molar-refractivity contribution >= 4 is 5.91 Å². The Balaban J connectivity index is 2.19. The van der Waals surface area contributed by atoms with Crippen LogP contribution in [-0.4, -0.2) is 18.0 Å². The number of nitrogens with two attached hydrogens (primary N) is 1. The molecule has 0 heterocycles. The summed E-state index contributed by atoms with van der Waals surface area (Å²) in [6.45, 7) is 1.81. The SMILES string of the molecule is C/C=C/C(=O)NC1CC1N. The van der Waals surface area contributed by atoms with Crippen molar-refractivity contribution < 1.29 is 4.79 Å². The van der Waals surface area contributed by atoms with E-state index in [2.05, 4.69) is 5.32 Å². The minimum Gasteiger partial charge on any atom is -0.348 e. The molecule has 0 aromatic carbocycles. The monoisotopic (exact) mass is 140 g/mol. The number of rotatable bonds is 2. The van der Waals surface area contributed by atoms with Gasteiger partial charge in [-0.25, -0.2) is 0 Å². The average Bonchev–Trinajstić information content (AvgIpc) is 2.47. The second-order valence-electron chi connectivity index (χ2n) is 2.51. The molecule has 3 nitrogen and oxygen atoms in total. The van der Waals surface area contributed by atoms with Crippen LogP contribution in [0, 0.1) is 0 Å². The molecule has 0 aromatic rings. The zero-order valence-corrected chi connectivity index (χ0v) is 6.00. The van der Waals surface area contributed by atoms with Gasteiger partial charge in [0, 0.05) is 12.1 Å². The van der Waals surface area contributed by atoms with Crippen LogP contribution in [0.15, 0.2) is 12.2 Å². The lowest BCUT2D eigenvalue weighted by atomic mass is 10.5. The highest BCUT2D eigenvalue weighted by Gasteiger charge is 2.33. The fourth-order valence-corrected chi connectivity index (χ4v) is 0.763. The van der Waals surface area contributed by atoms with Crippen LogP contribution in [0.5, 0.6) is 0 Å². The molecular weight excluding hydrogens is 128 g/mol. The summed E-state index contributed by atoms with van der Waals surface area (Å²) in [6.07, 6.45) is 4.14. The fourth-order valence-electron chi connectivity index (χ4n) is 0.763. The summed E-state index contributed by atoms with van der Waals surface area (Å²) < 4.78 is 0. The summed E-state index contributed by atoms with van der Waals surface area (Å²) in [4.78, 5) is 10.8. The molecule has 0 spiro atoms. The molecule has 1 aliphatic carbocycles. The first-order valence-corrected chi connectivity index (χ1v) is 3.43. The summed E-state index contributed by atoms with van der Waals surface area (Å²) in [7, 11) is 0. The van der Waals surface area contributed by atoms with Crippen LogP contribution in [0.25, 0.3) is 0 Å². The van der Waals surface area contributed by atoms with Crippen LogP contribution in [0.1, 0.15) is 13.3 Å². The van der Waals surface area contributed by atoms with Gasteiger partial charge in [0.1, 0.15) is 0 Å². The highest BCUT2D eigenvalue weighted by Crippen LogP contribution is 2.17. The van der Waals surface area contributed by atoms with E-state index in [1.165, 1.54) is 6.08 Å². The third-order valence-corrected chi connectivity index (χ3v) is 1.49. The molecule has 3 heteroatoms. The minimum atomic E-state index is -0.0412. The van der Waals surface area contributed by atoms with E-state index in [-0.39, 0.29) is 18.0 Å². The van der Waals surface area contributed by atoms with Crippen molar-refractivity contribution in [1.29, 1.82) is 0 Å². The quantitative estimate of drug-likeness (QED) is 0.521. The summed E-state index contributed by atoms with van der Waals surface area (Å²) in [6, 6.07) is 0.415. The second-order valence-corrected chi connectivity index (χ2v) is 2.51. The first kappa shape index (κ1) is 7.28. The zero-order valence-electron chi connectivity index (χ0n) is 6.00. The first-order chi connectivity index (χ1) is 4.74. The number of carbonyl (C=O) groups is 1. The van der Waals surface area contributed by atoms with Crippen molar-refractivity contribution in [2.75, 3.05) is 0 Å². The van der Waals surface area contributed by atoms with Gasteiger partial charge in [-0.2, -0.15) is 0 Å². The van der Waals surface area contributed by atoms with E-state index in [1.54, 1.807) is 6.08 Å². The lowest BCUT2D eigenvalue weighted by molar-refractivity contribution is -0.116. The van der Waals surface area contributed by atoms with Crippen LogP contribution in [-0.2, 0) is 4.79 Å². The maximum absolute atomic E-state index is 10.8. The molecule has 10 heavy (non-hydrogen) atoms. The largest absolute Gasteiger partial charge is 0.348 e. The van der Waals surface area contributed by atoms with Crippen LogP contribution in [0.2, 0.25) is 0 Å². The van der Waals surface area contributed by atoms with Gasteiger partial charge in [-0.3, -0.25) is 4.79 Å². The van der Waals surface area contributed by atoms with Crippen molar-refractivity contribution in [2.24, 2.45) is 5.73 Å².